The second-order valence-corrected chi connectivity index (χ2v) is 5.72. The van der Waals surface area contributed by atoms with Gasteiger partial charge in [0.15, 0.2) is 0 Å². The minimum absolute atomic E-state index is 0.129. The molecule has 0 heterocycles. The lowest BCUT2D eigenvalue weighted by Crippen LogP contribution is -2.30. The summed E-state index contributed by atoms with van der Waals surface area (Å²) < 4.78 is 6.21. The van der Waals surface area contributed by atoms with Crippen LogP contribution in [-0.4, -0.2) is 23.9 Å². The Balaban J connectivity index is 2.17. The number of hydrogen-bond acceptors (Lipinski definition) is 3. The van der Waals surface area contributed by atoms with Gasteiger partial charge < -0.3 is 15.6 Å². The van der Waals surface area contributed by atoms with E-state index in [1.807, 2.05) is 18.2 Å². The Morgan fingerprint density at radius 1 is 1.59 bits per heavy atom. The number of methoxy groups -OCH3 is 1. The second kappa shape index (κ2) is 4.96. The molecule has 1 aromatic rings. The quantitative estimate of drug-likeness (QED) is 0.900. The van der Waals surface area contributed by atoms with Gasteiger partial charge in [0, 0.05) is 16.9 Å². The lowest BCUT2D eigenvalue weighted by Gasteiger charge is -2.23. The average molecular weight is 300 g/mol. The van der Waals surface area contributed by atoms with Gasteiger partial charge in [0.25, 0.3) is 0 Å². The lowest BCUT2D eigenvalue weighted by molar-refractivity contribution is 0.0467. The van der Waals surface area contributed by atoms with Crippen molar-refractivity contribution in [2.75, 3.05) is 7.11 Å². The molecule has 94 valence electrons. The van der Waals surface area contributed by atoms with Crippen LogP contribution in [0, 0.1) is 0 Å². The maximum atomic E-state index is 10.5. The van der Waals surface area contributed by atoms with Crippen molar-refractivity contribution >= 4 is 15.9 Å². The summed E-state index contributed by atoms with van der Waals surface area (Å²) in [5.41, 5.74) is 6.27. The summed E-state index contributed by atoms with van der Waals surface area (Å²) in [4.78, 5) is 0. The van der Waals surface area contributed by atoms with Crippen LogP contribution in [0.25, 0.3) is 0 Å². The number of halogens is 1. The van der Waals surface area contributed by atoms with Crippen molar-refractivity contribution in [2.24, 2.45) is 5.73 Å². The van der Waals surface area contributed by atoms with Gasteiger partial charge in [-0.2, -0.15) is 0 Å². The van der Waals surface area contributed by atoms with Crippen LogP contribution in [0.3, 0.4) is 0 Å². The summed E-state index contributed by atoms with van der Waals surface area (Å²) >= 11 is 3.51. The highest BCUT2D eigenvalue weighted by atomic mass is 79.9. The Bertz CT molecular complexity index is 410. The average Bonchev–Trinajstić information content (AvgIpc) is 2.62. The maximum Gasteiger partial charge on any atom is 0.119 e. The molecule has 2 rings (SSSR count). The van der Waals surface area contributed by atoms with Crippen molar-refractivity contribution in [2.45, 2.75) is 37.3 Å². The molecule has 4 heteroatoms. The molecular formula is C13H18BrNO2. The summed E-state index contributed by atoms with van der Waals surface area (Å²) in [6.07, 6.45) is 2.98. The molecule has 0 aliphatic heterocycles. The third-order valence-electron chi connectivity index (χ3n) is 3.40. The largest absolute Gasteiger partial charge is 0.497 e. The zero-order chi connectivity index (χ0) is 12.5. The summed E-state index contributed by atoms with van der Waals surface area (Å²) in [7, 11) is 1.65. The van der Waals surface area contributed by atoms with Crippen molar-refractivity contribution < 1.29 is 9.84 Å². The molecule has 1 saturated carbocycles. The van der Waals surface area contributed by atoms with Crippen LogP contribution in [0.1, 0.15) is 24.8 Å². The lowest BCUT2D eigenvalue weighted by atomic mass is 9.92. The first-order valence-corrected chi connectivity index (χ1v) is 6.62. The van der Waals surface area contributed by atoms with Crippen molar-refractivity contribution in [1.82, 2.24) is 0 Å². The molecule has 2 unspecified atom stereocenters. The highest BCUT2D eigenvalue weighted by Gasteiger charge is 2.36. The first kappa shape index (κ1) is 12.9. The second-order valence-electron chi connectivity index (χ2n) is 4.86. The van der Waals surface area contributed by atoms with E-state index < -0.39 is 5.60 Å². The van der Waals surface area contributed by atoms with E-state index in [4.69, 9.17) is 10.5 Å². The Morgan fingerprint density at radius 3 is 2.94 bits per heavy atom. The molecule has 0 amide bonds. The van der Waals surface area contributed by atoms with Gasteiger partial charge in [-0.05, 0) is 43.0 Å². The molecule has 0 bridgehead atoms. The van der Waals surface area contributed by atoms with Crippen molar-refractivity contribution in [3.8, 4) is 5.75 Å². The van der Waals surface area contributed by atoms with Gasteiger partial charge in [-0.25, -0.2) is 0 Å². The zero-order valence-electron chi connectivity index (χ0n) is 9.95. The standard InChI is InChI=1S/C13H18BrNO2/c1-17-11-2-3-12(14)9(6-11)7-13(16)5-4-10(15)8-13/h2-3,6,10,16H,4-5,7-8,15H2,1H3. The van der Waals surface area contributed by atoms with Crippen molar-refractivity contribution in [1.29, 1.82) is 0 Å². The number of rotatable bonds is 3. The Hall–Kier alpha value is -0.580. The van der Waals surface area contributed by atoms with E-state index in [1.165, 1.54) is 0 Å². The molecule has 3 N–H and O–H groups in total. The number of hydrogen-bond donors (Lipinski definition) is 2. The van der Waals surface area contributed by atoms with E-state index in [2.05, 4.69) is 15.9 Å². The minimum Gasteiger partial charge on any atom is -0.497 e. The van der Waals surface area contributed by atoms with Gasteiger partial charge in [-0.3, -0.25) is 0 Å². The molecule has 0 aromatic heterocycles. The van der Waals surface area contributed by atoms with Gasteiger partial charge in [-0.15, -0.1) is 0 Å². The predicted octanol–water partition coefficient (Wildman–Crippen LogP) is 2.24. The van der Waals surface area contributed by atoms with Crippen molar-refractivity contribution in [3.05, 3.63) is 28.2 Å². The molecule has 0 radical (unpaired) electrons. The van der Waals surface area contributed by atoms with E-state index in [1.54, 1.807) is 7.11 Å². The van der Waals surface area contributed by atoms with E-state index in [0.29, 0.717) is 12.8 Å². The van der Waals surface area contributed by atoms with Gasteiger partial charge in [0.1, 0.15) is 5.75 Å². The Morgan fingerprint density at radius 2 is 2.35 bits per heavy atom. The van der Waals surface area contributed by atoms with E-state index in [9.17, 15) is 5.11 Å². The fourth-order valence-corrected chi connectivity index (χ4v) is 2.86. The molecule has 17 heavy (non-hydrogen) atoms. The molecule has 3 nitrogen and oxygen atoms in total. The van der Waals surface area contributed by atoms with Gasteiger partial charge in [0.05, 0.1) is 12.7 Å². The monoisotopic (exact) mass is 299 g/mol. The van der Waals surface area contributed by atoms with Gasteiger partial charge >= 0.3 is 0 Å². The summed E-state index contributed by atoms with van der Waals surface area (Å²) in [6.45, 7) is 0. The molecule has 1 aliphatic carbocycles. The van der Waals surface area contributed by atoms with Crippen LogP contribution < -0.4 is 10.5 Å². The van der Waals surface area contributed by atoms with Crippen LogP contribution in [0.4, 0.5) is 0 Å². The van der Waals surface area contributed by atoms with Crippen LogP contribution in [0.15, 0.2) is 22.7 Å². The van der Waals surface area contributed by atoms with Gasteiger partial charge in [-0.1, -0.05) is 15.9 Å². The van der Waals surface area contributed by atoms with Gasteiger partial charge in [0.2, 0.25) is 0 Å². The third kappa shape index (κ3) is 3.00. The van der Waals surface area contributed by atoms with E-state index in [0.717, 1.165) is 28.6 Å². The predicted molar refractivity (Wildman–Crippen MR) is 71.2 cm³/mol. The fraction of sp³-hybridized carbons (Fsp3) is 0.538. The summed E-state index contributed by atoms with van der Waals surface area (Å²) in [6, 6.07) is 5.94. The Kier molecular flexibility index (Phi) is 3.76. The molecule has 0 spiro atoms. The van der Waals surface area contributed by atoms with E-state index in [-0.39, 0.29) is 6.04 Å². The van der Waals surface area contributed by atoms with Crippen molar-refractivity contribution in [3.63, 3.8) is 0 Å². The van der Waals surface area contributed by atoms with Crippen LogP contribution in [0.5, 0.6) is 5.75 Å². The Labute approximate surface area is 110 Å². The highest BCUT2D eigenvalue weighted by Crippen LogP contribution is 2.34. The van der Waals surface area contributed by atoms with Crippen LogP contribution >= 0.6 is 15.9 Å². The van der Waals surface area contributed by atoms with E-state index >= 15 is 0 Å². The van der Waals surface area contributed by atoms with Crippen LogP contribution in [0.2, 0.25) is 0 Å². The molecule has 1 fully saturated rings. The normalized spacial score (nSPS) is 28.4. The number of ether oxygens (including phenoxy) is 1. The molecule has 1 aliphatic rings. The fourth-order valence-electron chi connectivity index (χ4n) is 2.47. The number of aliphatic hydroxyl groups is 1. The maximum absolute atomic E-state index is 10.5. The smallest absolute Gasteiger partial charge is 0.119 e. The first-order valence-electron chi connectivity index (χ1n) is 5.83. The third-order valence-corrected chi connectivity index (χ3v) is 4.17. The molecule has 2 atom stereocenters. The van der Waals surface area contributed by atoms with Crippen LogP contribution in [-0.2, 0) is 6.42 Å². The topological polar surface area (TPSA) is 55.5 Å². The number of nitrogens with two attached hydrogens (primary N) is 1. The molecule has 1 aromatic carbocycles. The minimum atomic E-state index is -0.658. The highest BCUT2D eigenvalue weighted by molar-refractivity contribution is 9.10. The molecule has 0 saturated heterocycles. The summed E-state index contributed by atoms with van der Waals surface area (Å²) in [5.74, 6) is 0.814. The summed E-state index contributed by atoms with van der Waals surface area (Å²) in [5, 5.41) is 10.5. The molecular weight excluding hydrogens is 282 g/mol. The zero-order valence-corrected chi connectivity index (χ0v) is 11.5. The SMILES string of the molecule is COc1ccc(Br)c(CC2(O)CCC(N)C2)c1. The number of benzene rings is 1. The first-order chi connectivity index (χ1) is 8.02.